The fourth-order valence-electron chi connectivity index (χ4n) is 3.97. The van der Waals surface area contributed by atoms with E-state index in [-0.39, 0.29) is 15.4 Å². The van der Waals surface area contributed by atoms with Gasteiger partial charge in [-0.05, 0) is 23.7 Å². The largest absolute Gasteiger partial charge is 0.360 e. The summed E-state index contributed by atoms with van der Waals surface area (Å²) < 4.78 is 10.9. The Kier molecular flexibility index (Phi) is 22.6. The molecule has 0 aliphatic rings. The van der Waals surface area contributed by atoms with Gasteiger partial charge in [-0.2, -0.15) is 0 Å². The number of methoxy groups -OCH3 is 2. The van der Waals surface area contributed by atoms with Gasteiger partial charge in [0.2, 0.25) is 0 Å². The standard InChI is InChI=1S/C24H53O2SSi/c1-6-7-8-9-10-11-12-13-14-15-16-17-18-19-20-21-22-23(27(4)5)28-24(25-2)26-3/h23-24H,6-22,28H2,1-5H3/q+1. The SMILES string of the molecule is CCCCCCCCCCCCCCCCCCC([SiH2]C(OC)OC)[S+](C)C. The van der Waals surface area contributed by atoms with Gasteiger partial charge in [0.25, 0.3) is 0 Å². The highest BCUT2D eigenvalue weighted by molar-refractivity contribution is 7.97. The molecule has 0 heterocycles. The van der Waals surface area contributed by atoms with Gasteiger partial charge >= 0.3 is 0 Å². The average Bonchev–Trinajstić information content (AvgIpc) is 2.69. The molecule has 0 radical (unpaired) electrons. The molecule has 0 rings (SSSR count). The van der Waals surface area contributed by atoms with E-state index < -0.39 is 0 Å². The first-order chi connectivity index (χ1) is 13.7. The van der Waals surface area contributed by atoms with Crippen molar-refractivity contribution in [3.63, 3.8) is 0 Å². The zero-order valence-corrected chi connectivity index (χ0v) is 22.3. The molecule has 0 amide bonds. The van der Waals surface area contributed by atoms with Crippen LogP contribution in [-0.4, -0.2) is 47.0 Å². The van der Waals surface area contributed by atoms with Crippen molar-refractivity contribution >= 4 is 20.4 Å². The van der Waals surface area contributed by atoms with Gasteiger partial charge < -0.3 is 9.47 Å². The molecule has 0 spiro atoms. The smallest absolute Gasteiger partial charge is 0.152 e. The summed E-state index contributed by atoms with van der Waals surface area (Å²) in [4.78, 5) is 0.886. The van der Waals surface area contributed by atoms with E-state index in [9.17, 15) is 0 Å². The number of hydrogen-bond acceptors (Lipinski definition) is 2. The number of rotatable bonds is 22. The summed E-state index contributed by atoms with van der Waals surface area (Å²) in [6, 6.07) is 0. The quantitative estimate of drug-likeness (QED) is 0.0830. The summed E-state index contributed by atoms with van der Waals surface area (Å²) in [6.07, 6.45) is 29.3. The molecule has 1 unspecified atom stereocenters. The van der Waals surface area contributed by atoms with E-state index in [1.807, 2.05) is 0 Å². The Morgan fingerprint density at radius 2 is 0.964 bits per heavy atom. The minimum atomic E-state index is -0.306. The van der Waals surface area contributed by atoms with Gasteiger partial charge in [-0.25, -0.2) is 0 Å². The summed E-state index contributed by atoms with van der Waals surface area (Å²) in [6.45, 7) is 2.30. The van der Waals surface area contributed by atoms with E-state index in [2.05, 4.69) is 19.4 Å². The zero-order valence-electron chi connectivity index (χ0n) is 20.1. The molecule has 2 nitrogen and oxygen atoms in total. The van der Waals surface area contributed by atoms with Crippen LogP contribution in [0.3, 0.4) is 0 Å². The lowest BCUT2D eigenvalue weighted by Crippen LogP contribution is -2.36. The lowest BCUT2D eigenvalue weighted by molar-refractivity contribution is -0.0443. The van der Waals surface area contributed by atoms with Crippen LogP contribution in [0.5, 0.6) is 0 Å². The Balaban J connectivity index is 3.38. The highest BCUT2D eigenvalue weighted by atomic mass is 32.2. The van der Waals surface area contributed by atoms with Crippen molar-refractivity contribution in [3.8, 4) is 0 Å². The highest BCUT2D eigenvalue weighted by Crippen LogP contribution is 2.16. The van der Waals surface area contributed by atoms with Crippen LogP contribution in [0.1, 0.15) is 116 Å². The van der Waals surface area contributed by atoms with Gasteiger partial charge in [-0.3, -0.25) is 0 Å². The van der Waals surface area contributed by atoms with Crippen molar-refractivity contribution in [3.05, 3.63) is 0 Å². The van der Waals surface area contributed by atoms with Gasteiger partial charge in [-0.1, -0.05) is 103 Å². The van der Waals surface area contributed by atoms with E-state index in [1.165, 1.54) is 109 Å². The fourth-order valence-corrected chi connectivity index (χ4v) is 7.96. The van der Waals surface area contributed by atoms with Crippen LogP contribution in [-0.2, 0) is 20.4 Å². The van der Waals surface area contributed by atoms with Gasteiger partial charge in [0.1, 0.15) is 10.8 Å². The second-order valence-electron chi connectivity index (χ2n) is 8.73. The number of unbranched alkanes of at least 4 members (excludes halogenated alkanes) is 15. The van der Waals surface area contributed by atoms with Crippen molar-refractivity contribution in [1.82, 2.24) is 0 Å². The maximum atomic E-state index is 5.46. The molecule has 0 fully saturated rings. The summed E-state index contributed by atoms with van der Waals surface area (Å²) in [5.74, 6) is 0.112. The minimum Gasteiger partial charge on any atom is -0.360 e. The van der Waals surface area contributed by atoms with E-state index in [1.54, 1.807) is 14.2 Å². The average molecular weight is 434 g/mol. The lowest BCUT2D eigenvalue weighted by Gasteiger charge is -2.18. The van der Waals surface area contributed by atoms with Crippen molar-refractivity contribution < 1.29 is 9.47 Å². The molecular formula is C24H53O2SSi+. The number of ether oxygens (including phenoxy) is 2. The van der Waals surface area contributed by atoms with Gasteiger partial charge in [0.05, 0.1) is 12.5 Å². The van der Waals surface area contributed by atoms with Gasteiger partial charge in [-0.15, -0.1) is 0 Å². The molecule has 0 saturated heterocycles. The Morgan fingerprint density at radius 3 is 1.29 bits per heavy atom. The van der Waals surface area contributed by atoms with E-state index in [0.717, 1.165) is 4.87 Å². The molecular weight excluding hydrogens is 380 g/mol. The number of hydrogen-bond donors (Lipinski definition) is 0. The Bertz CT molecular complexity index is 298. The molecule has 0 N–H and O–H groups in total. The van der Waals surface area contributed by atoms with Crippen molar-refractivity contribution in [2.45, 2.75) is 127 Å². The summed E-state index contributed by atoms with van der Waals surface area (Å²) >= 11 is 0. The summed E-state index contributed by atoms with van der Waals surface area (Å²) in [5, 5.41) is 0. The minimum absolute atomic E-state index is 0.112. The normalized spacial score (nSPS) is 13.4. The predicted molar refractivity (Wildman–Crippen MR) is 134 cm³/mol. The van der Waals surface area contributed by atoms with Crippen LogP contribution >= 0.6 is 0 Å². The first kappa shape index (κ1) is 28.5. The highest BCUT2D eigenvalue weighted by Gasteiger charge is 2.26. The van der Waals surface area contributed by atoms with Crippen molar-refractivity contribution in [1.29, 1.82) is 0 Å². The summed E-state index contributed by atoms with van der Waals surface area (Å²) in [7, 11) is 3.78. The molecule has 1 atom stereocenters. The Morgan fingerprint density at radius 1 is 0.607 bits per heavy atom. The monoisotopic (exact) mass is 433 g/mol. The Labute approximate surface area is 183 Å². The van der Waals surface area contributed by atoms with E-state index >= 15 is 0 Å². The topological polar surface area (TPSA) is 18.5 Å². The molecule has 4 heteroatoms. The van der Waals surface area contributed by atoms with Crippen LogP contribution < -0.4 is 0 Å². The molecule has 0 aliphatic carbocycles. The third-order valence-corrected chi connectivity index (χ3v) is 12.2. The molecule has 0 aromatic heterocycles. The third kappa shape index (κ3) is 18.5. The zero-order chi connectivity index (χ0) is 20.9. The predicted octanol–water partition coefficient (Wildman–Crippen LogP) is 6.59. The summed E-state index contributed by atoms with van der Waals surface area (Å²) in [5.41, 5.74) is 0. The molecule has 0 saturated carbocycles. The second-order valence-corrected chi connectivity index (χ2v) is 13.9. The van der Waals surface area contributed by atoms with E-state index in [4.69, 9.17) is 9.47 Å². The first-order valence-corrected chi connectivity index (χ1v) is 16.0. The van der Waals surface area contributed by atoms with Crippen LogP contribution in [0.25, 0.3) is 0 Å². The van der Waals surface area contributed by atoms with Gasteiger partial charge in [0.15, 0.2) is 9.52 Å². The van der Waals surface area contributed by atoms with Crippen molar-refractivity contribution in [2.24, 2.45) is 0 Å². The van der Waals surface area contributed by atoms with Crippen LogP contribution in [0, 0.1) is 0 Å². The van der Waals surface area contributed by atoms with E-state index in [0.29, 0.717) is 10.9 Å². The van der Waals surface area contributed by atoms with Crippen LogP contribution in [0.2, 0.25) is 0 Å². The molecule has 170 valence electrons. The Hall–Kier alpha value is 0.487. The maximum Gasteiger partial charge on any atom is 0.152 e. The lowest BCUT2D eigenvalue weighted by atomic mass is 10.0. The molecule has 0 bridgehead atoms. The fraction of sp³-hybridized carbons (Fsp3) is 1.00. The first-order valence-electron chi connectivity index (χ1n) is 12.3. The van der Waals surface area contributed by atoms with Gasteiger partial charge in [0, 0.05) is 14.2 Å². The maximum absolute atomic E-state index is 5.46. The van der Waals surface area contributed by atoms with Crippen LogP contribution in [0.4, 0.5) is 0 Å². The molecule has 0 aliphatic heterocycles. The third-order valence-electron chi connectivity index (χ3n) is 6.03. The van der Waals surface area contributed by atoms with Crippen molar-refractivity contribution in [2.75, 3.05) is 26.7 Å². The van der Waals surface area contributed by atoms with Crippen LogP contribution in [0.15, 0.2) is 0 Å². The molecule has 28 heavy (non-hydrogen) atoms. The second kappa shape index (κ2) is 22.2. The molecule has 0 aromatic carbocycles. The molecule has 0 aromatic rings.